The molecule has 1 amide bonds. The fourth-order valence-corrected chi connectivity index (χ4v) is 2.61. The molecule has 0 aliphatic rings. The van der Waals surface area contributed by atoms with Crippen LogP contribution in [0.3, 0.4) is 0 Å². The van der Waals surface area contributed by atoms with Crippen LogP contribution < -0.4 is 14.8 Å². The minimum absolute atomic E-state index is 0.0104. The molecular formula is C20H23N3O3. The highest BCUT2D eigenvalue weighted by molar-refractivity contribution is 5.75. The fourth-order valence-electron chi connectivity index (χ4n) is 2.61. The molecule has 0 unspecified atom stereocenters. The molecule has 0 aliphatic heterocycles. The van der Waals surface area contributed by atoms with Crippen LogP contribution in [-0.2, 0) is 11.3 Å². The van der Waals surface area contributed by atoms with Crippen molar-refractivity contribution in [3.8, 4) is 11.5 Å². The maximum absolute atomic E-state index is 12.0. The summed E-state index contributed by atoms with van der Waals surface area (Å²) in [5.74, 6) is 1.43. The third-order valence-corrected chi connectivity index (χ3v) is 3.84. The summed E-state index contributed by atoms with van der Waals surface area (Å²) < 4.78 is 13.2. The Kier molecular flexibility index (Phi) is 6.09. The Morgan fingerprint density at radius 3 is 2.65 bits per heavy atom. The first-order chi connectivity index (χ1) is 12.8. The highest BCUT2D eigenvalue weighted by atomic mass is 16.5. The quantitative estimate of drug-likeness (QED) is 0.600. The number of benzene rings is 1. The van der Waals surface area contributed by atoms with Crippen molar-refractivity contribution in [3.05, 3.63) is 60.6 Å². The number of imidazole rings is 1. The number of pyridine rings is 1. The summed E-state index contributed by atoms with van der Waals surface area (Å²) in [5, 5.41) is 2.90. The van der Waals surface area contributed by atoms with Crippen molar-refractivity contribution in [3.63, 3.8) is 0 Å². The van der Waals surface area contributed by atoms with E-state index >= 15 is 0 Å². The lowest BCUT2D eigenvalue weighted by Gasteiger charge is -2.11. The number of carbonyl (C=O) groups excluding carboxylic acids is 1. The molecular weight excluding hydrogens is 330 g/mol. The number of ether oxygens (including phenoxy) is 2. The molecule has 0 aliphatic carbocycles. The smallest absolute Gasteiger partial charge is 0.220 e. The van der Waals surface area contributed by atoms with E-state index in [9.17, 15) is 4.79 Å². The summed E-state index contributed by atoms with van der Waals surface area (Å²) in [7, 11) is 0. The summed E-state index contributed by atoms with van der Waals surface area (Å²) in [6.45, 7) is 3.41. The summed E-state index contributed by atoms with van der Waals surface area (Å²) in [5.41, 5.74) is 1.71. The number of amides is 1. The number of rotatable bonds is 9. The van der Waals surface area contributed by atoms with Gasteiger partial charge in [0.25, 0.3) is 0 Å². The van der Waals surface area contributed by atoms with Gasteiger partial charge in [0.15, 0.2) is 11.5 Å². The predicted octanol–water partition coefficient (Wildman–Crippen LogP) is 3.21. The Morgan fingerprint density at radius 2 is 1.88 bits per heavy atom. The lowest BCUT2D eigenvalue weighted by molar-refractivity contribution is -0.121. The van der Waals surface area contributed by atoms with Gasteiger partial charge >= 0.3 is 0 Å². The monoisotopic (exact) mass is 353 g/mol. The molecule has 2 heterocycles. The predicted molar refractivity (Wildman–Crippen MR) is 99.4 cm³/mol. The molecule has 0 atom stereocenters. The second kappa shape index (κ2) is 8.89. The van der Waals surface area contributed by atoms with Gasteiger partial charge in [0.2, 0.25) is 5.91 Å². The lowest BCUT2D eigenvalue weighted by atomic mass is 10.3. The van der Waals surface area contributed by atoms with Gasteiger partial charge in [-0.05, 0) is 37.6 Å². The largest absolute Gasteiger partial charge is 0.490 e. The maximum atomic E-state index is 12.0. The van der Waals surface area contributed by atoms with Crippen molar-refractivity contribution in [2.24, 2.45) is 0 Å². The molecule has 3 rings (SSSR count). The third kappa shape index (κ3) is 4.75. The van der Waals surface area contributed by atoms with Gasteiger partial charge in [0.1, 0.15) is 5.65 Å². The van der Waals surface area contributed by atoms with Gasteiger partial charge in [-0.3, -0.25) is 4.79 Å². The number of nitrogens with zero attached hydrogens (tertiary/aromatic N) is 2. The first-order valence-corrected chi connectivity index (χ1v) is 8.80. The highest BCUT2D eigenvalue weighted by Crippen LogP contribution is 2.26. The lowest BCUT2D eigenvalue weighted by Crippen LogP contribution is -2.23. The molecule has 2 aromatic heterocycles. The number of hydrogen-bond acceptors (Lipinski definition) is 4. The van der Waals surface area contributed by atoms with E-state index in [1.807, 2.05) is 66.2 Å². The van der Waals surface area contributed by atoms with Crippen molar-refractivity contribution in [1.82, 2.24) is 14.7 Å². The maximum Gasteiger partial charge on any atom is 0.220 e. The van der Waals surface area contributed by atoms with Crippen LogP contribution in [0.1, 0.15) is 25.5 Å². The van der Waals surface area contributed by atoms with E-state index in [-0.39, 0.29) is 5.91 Å². The molecule has 6 heteroatoms. The number of aromatic nitrogens is 2. The fraction of sp³-hybridized carbons (Fsp3) is 0.300. The number of hydrogen-bond donors (Lipinski definition) is 1. The molecule has 136 valence electrons. The first-order valence-electron chi connectivity index (χ1n) is 8.80. The summed E-state index contributed by atoms with van der Waals surface area (Å²) >= 11 is 0. The Hall–Kier alpha value is -3.02. The number of para-hydroxylation sites is 2. The average molecular weight is 353 g/mol. The van der Waals surface area contributed by atoms with E-state index in [1.54, 1.807) is 0 Å². The molecule has 0 spiro atoms. The minimum Gasteiger partial charge on any atom is -0.490 e. The number of carbonyl (C=O) groups is 1. The summed E-state index contributed by atoms with van der Waals surface area (Å²) in [6, 6.07) is 13.4. The molecule has 26 heavy (non-hydrogen) atoms. The van der Waals surface area contributed by atoms with Gasteiger partial charge in [0.05, 0.1) is 25.5 Å². The SMILES string of the molecule is CCOc1ccccc1OCCCC(=O)NCc1cn2ccccc2n1. The van der Waals surface area contributed by atoms with E-state index in [0.717, 1.165) is 17.1 Å². The van der Waals surface area contributed by atoms with Gasteiger partial charge < -0.3 is 19.2 Å². The molecule has 3 aromatic rings. The van der Waals surface area contributed by atoms with Crippen molar-refractivity contribution in [2.75, 3.05) is 13.2 Å². The van der Waals surface area contributed by atoms with Crippen LogP contribution in [0, 0.1) is 0 Å². The second-order valence-electron chi connectivity index (χ2n) is 5.81. The van der Waals surface area contributed by atoms with Gasteiger partial charge in [-0.25, -0.2) is 4.98 Å². The van der Waals surface area contributed by atoms with Crippen LogP contribution in [0.25, 0.3) is 5.65 Å². The normalized spacial score (nSPS) is 10.7. The second-order valence-corrected chi connectivity index (χ2v) is 5.81. The summed E-state index contributed by atoms with van der Waals surface area (Å²) in [6.07, 6.45) is 4.90. The standard InChI is InChI=1S/C20H23N3O3/c1-2-25-17-8-3-4-9-18(17)26-13-7-11-20(24)21-14-16-15-23-12-6-5-10-19(23)22-16/h3-6,8-10,12,15H,2,7,11,13-14H2,1H3,(H,21,24). The number of fused-ring (bicyclic) bond motifs is 1. The van der Waals surface area contributed by atoms with Crippen molar-refractivity contribution in [1.29, 1.82) is 0 Å². The van der Waals surface area contributed by atoms with Crippen molar-refractivity contribution < 1.29 is 14.3 Å². The van der Waals surface area contributed by atoms with Crippen LogP contribution in [-0.4, -0.2) is 28.5 Å². The molecule has 0 bridgehead atoms. The highest BCUT2D eigenvalue weighted by Gasteiger charge is 2.06. The van der Waals surface area contributed by atoms with Gasteiger partial charge in [-0.1, -0.05) is 18.2 Å². The molecule has 0 saturated heterocycles. The summed E-state index contributed by atoms with van der Waals surface area (Å²) in [4.78, 5) is 16.4. The number of nitrogens with one attached hydrogen (secondary N) is 1. The minimum atomic E-state index is -0.0104. The molecule has 1 aromatic carbocycles. The van der Waals surface area contributed by atoms with E-state index in [4.69, 9.17) is 9.47 Å². The third-order valence-electron chi connectivity index (χ3n) is 3.84. The van der Waals surface area contributed by atoms with Crippen molar-refractivity contribution in [2.45, 2.75) is 26.3 Å². The van der Waals surface area contributed by atoms with E-state index < -0.39 is 0 Å². The van der Waals surface area contributed by atoms with Crippen LogP contribution in [0.15, 0.2) is 54.9 Å². The average Bonchev–Trinajstić information content (AvgIpc) is 3.08. The zero-order valence-corrected chi connectivity index (χ0v) is 14.9. The van der Waals surface area contributed by atoms with E-state index in [0.29, 0.717) is 38.3 Å². The molecule has 0 fully saturated rings. The molecule has 0 saturated carbocycles. The Labute approximate surface area is 152 Å². The van der Waals surface area contributed by atoms with E-state index in [2.05, 4.69) is 10.3 Å². The van der Waals surface area contributed by atoms with Crippen LogP contribution in [0.2, 0.25) is 0 Å². The topological polar surface area (TPSA) is 64.9 Å². The zero-order chi connectivity index (χ0) is 18.2. The first kappa shape index (κ1) is 17.8. The van der Waals surface area contributed by atoms with Crippen molar-refractivity contribution >= 4 is 11.6 Å². The van der Waals surface area contributed by atoms with Crippen LogP contribution in [0.4, 0.5) is 0 Å². The molecule has 1 N–H and O–H groups in total. The Morgan fingerprint density at radius 1 is 1.12 bits per heavy atom. The Balaban J connectivity index is 1.39. The van der Waals surface area contributed by atoms with Crippen LogP contribution in [0.5, 0.6) is 11.5 Å². The van der Waals surface area contributed by atoms with E-state index in [1.165, 1.54) is 0 Å². The molecule has 6 nitrogen and oxygen atoms in total. The van der Waals surface area contributed by atoms with Gasteiger partial charge in [-0.15, -0.1) is 0 Å². The molecule has 0 radical (unpaired) electrons. The zero-order valence-electron chi connectivity index (χ0n) is 14.9. The van der Waals surface area contributed by atoms with Gasteiger partial charge in [0, 0.05) is 18.8 Å². The van der Waals surface area contributed by atoms with Gasteiger partial charge in [-0.2, -0.15) is 0 Å². The Bertz CT molecular complexity index is 827. The van der Waals surface area contributed by atoms with Crippen LogP contribution >= 0.6 is 0 Å².